The Morgan fingerprint density at radius 3 is 2.49 bits per heavy atom. The fraction of sp³-hybridized carbons (Fsp3) is 0.375. The number of aromatic nitrogens is 3. The van der Waals surface area contributed by atoms with Crippen molar-refractivity contribution in [2.75, 3.05) is 23.7 Å². The van der Waals surface area contributed by atoms with Crippen LogP contribution in [-0.4, -0.2) is 54.8 Å². The molecule has 1 aromatic carbocycles. The van der Waals surface area contributed by atoms with E-state index in [4.69, 9.17) is 5.26 Å². The van der Waals surface area contributed by atoms with Crippen LogP contribution in [-0.2, 0) is 11.3 Å². The summed E-state index contributed by atoms with van der Waals surface area (Å²) in [5, 5.41) is 29.5. The van der Waals surface area contributed by atoms with Crippen LogP contribution in [0.4, 0.5) is 16.2 Å². The Bertz CT molecular complexity index is 1370. The van der Waals surface area contributed by atoms with E-state index in [2.05, 4.69) is 15.7 Å². The van der Waals surface area contributed by atoms with Crippen molar-refractivity contribution in [1.82, 2.24) is 19.1 Å². The third kappa shape index (κ3) is 4.88. The molecule has 1 aliphatic carbocycles. The number of likely N-dealkylation sites (tertiary alicyclic amines) is 1. The molecule has 3 N–H and O–H groups in total. The summed E-state index contributed by atoms with van der Waals surface area (Å²) in [5.41, 5.74) is 0.197. The highest BCUT2D eigenvalue weighted by Crippen LogP contribution is 2.33. The molecule has 3 aromatic rings. The number of anilines is 2. The number of rotatable bonds is 5. The molecule has 2 aromatic heterocycles. The summed E-state index contributed by atoms with van der Waals surface area (Å²) in [5.74, 6) is 0.322. The van der Waals surface area contributed by atoms with Crippen LogP contribution in [0.25, 0.3) is 5.52 Å². The highest BCUT2D eigenvalue weighted by Gasteiger charge is 2.39. The number of benzene rings is 1. The van der Waals surface area contributed by atoms with Crippen molar-refractivity contribution in [3.05, 3.63) is 58.8 Å². The number of carbonyl (C=O) groups is 2. The van der Waals surface area contributed by atoms with Gasteiger partial charge in [0.2, 0.25) is 5.91 Å². The number of urea groups is 1. The van der Waals surface area contributed by atoms with Crippen molar-refractivity contribution >= 4 is 28.8 Å². The van der Waals surface area contributed by atoms with E-state index >= 15 is 0 Å². The van der Waals surface area contributed by atoms with Gasteiger partial charge in [-0.1, -0.05) is 0 Å². The maximum Gasteiger partial charge on any atom is 0.323 e. The van der Waals surface area contributed by atoms with Crippen LogP contribution in [0.15, 0.2) is 47.7 Å². The average molecular weight is 476 g/mol. The maximum atomic E-state index is 13.0. The van der Waals surface area contributed by atoms with E-state index in [0.29, 0.717) is 42.9 Å². The Balaban J connectivity index is 1.24. The molecule has 11 nitrogen and oxygen atoms in total. The van der Waals surface area contributed by atoms with Gasteiger partial charge in [-0.2, -0.15) is 10.4 Å². The van der Waals surface area contributed by atoms with Crippen molar-refractivity contribution in [1.29, 1.82) is 5.26 Å². The zero-order chi connectivity index (χ0) is 24.6. The van der Waals surface area contributed by atoms with E-state index in [1.165, 1.54) is 27.7 Å². The molecule has 1 saturated heterocycles. The highest BCUT2D eigenvalue weighted by atomic mass is 16.3. The fourth-order valence-corrected chi connectivity index (χ4v) is 4.33. The van der Waals surface area contributed by atoms with Crippen molar-refractivity contribution in [3.63, 3.8) is 0 Å². The van der Waals surface area contributed by atoms with E-state index in [1.807, 2.05) is 11.0 Å². The lowest BCUT2D eigenvalue weighted by molar-refractivity contribution is -0.137. The minimum atomic E-state index is -1.10. The smallest absolute Gasteiger partial charge is 0.323 e. The van der Waals surface area contributed by atoms with Gasteiger partial charge in [-0.15, -0.1) is 0 Å². The summed E-state index contributed by atoms with van der Waals surface area (Å²) >= 11 is 0. The van der Waals surface area contributed by atoms with Crippen molar-refractivity contribution in [2.45, 2.75) is 37.8 Å². The molecule has 35 heavy (non-hydrogen) atoms. The SMILES string of the molecule is N#Cc1ccc(NC(=O)Nc2cc3c(=O)n(CC4(O)CCN(C(=O)C5CC5)CC4)cnn3c2)cc1. The monoisotopic (exact) mass is 475 g/mol. The number of aliphatic hydroxyl groups is 1. The van der Waals surface area contributed by atoms with Crippen LogP contribution in [0.5, 0.6) is 0 Å². The Labute approximate surface area is 200 Å². The van der Waals surface area contributed by atoms with Crippen molar-refractivity contribution < 1.29 is 14.7 Å². The zero-order valence-corrected chi connectivity index (χ0v) is 19.0. The van der Waals surface area contributed by atoms with Gasteiger partial charge in [0, 0.05) is 24.7 Å². The van der Waals surface area contributed by atoms with Crippen LogP contribution < -0.4 is 16.2 Å². The standard InChI is InChI=1S/C24H25N7O4/c25-12-16-1-5-18(6-2-16)27-23(34)28-19-11-20-22(33)30(15-26-31(20)13-19)14-24(35)7-9-29(10-8-24)21(32)17-3-4-17/h1-2,5-6,11,13,15,17,35H,3-4,7-10,14H2,(H2,27,28,34). The summed E-state index contributed by atoms with van der Waals surface area (Å²) in [4.78, 5) is 39.4. The summed E-state index contributed by atoms with van der Waals surface area (Å²) in [6.45, 7) is 1.03. The molecular formula is C24H25N7O4. The third-order valence-corrected chi connectivity index (χ3v) is 6.52. The molecular weight excluding hydrogens is 450 g/mol. The maximum absolute atomic E-state index is 13.0. The largest absolute Gasteiger partial charge is 0.388 e. The summed E-state index contributed by atoms with van der Waals surface area (Å²) in [7, 11) is 0. The zero-order valence-electron chi connectivity index (χ0n) is 19.0. The van der Waals surface area contributed by atoms with Gasteiger partial charge in [0.25, 0.3) is 5.56 Å². The van der Waals surface area contributed by atoms with Gasteiger partial charge in [-0.05, 0) is 56.0 Å². The fourth-order valence-electron chi connectivity index (χ4n) is 4.33. The second-order valence-corrected chi connectivity index (χ2v) is 9.21. The molecule has 1 aliphatic heterocycles. The number of amides is 3. The molecule has 5 rings (SSSR count). The first-order valence-corrected chi connectivity index (χ1v) is 11.5. The van der Waals surface area contributed by atoms with E-state index in [0.717, 1.165) is 12.8 Å². The van der Waals surface area contributed by atoms with Gasteiger partial charge in [0.1, 0.15) is 11.8 Å². The second kappa shape index (κ2) is 8.88. The summed E-state index contributed by atoms with van der Waals surface area (Å²) < 4.78 is 2.74. The molecule has 0 radical (unpaired) electrons. The summed E-state index contributed by atoms with van der Waals surface area (Å²) in [6.07, 6.45) is 5.59. The minimum Gasteiger partial charge on any atom is -0.388 e. The molecule has 0 bridgehead atoms. The first kappa shape index (κ1) is 22.6. The van der Waals surface area contributed by atoms with E-state index in [1.54, 1.807) is 24.3 Å². The van der Waals surface area contributed by atoms with Crippen LogP contribution in [0.1, 0.15) is 31.2 Å². The summed E-state index contributed by atoms with van der Waals surface area (Å²) in [6, 6.07) is 9.45. The van der Waals surface area contributed by atoms with Gasteiger partial charge in [0.15, 0.2) is 0 Å². The van der Waals surface area contributed by atoms with Crippen LogP contribution in [0.3, 0.4) is 0 Å². The first-order valence-electron chi connectivity index (χ1n) is 11.5. The molecule has 3 heterocycles. The van der Waals surface area contributed by atoms with Crippen molar-refractivity contribution in [2.24, 2.45) is 5.92 Å². The second-order valence-electron chi connectivity index (χ2n) is 9.21. The predicted molar refractivity (Wildman–Crippen MR) is 127 cm³/mol. The van der Waals surface area contributed by atoms with Crippen molar-refractivity contribution in [3.8, 4) is 6.07 Å². The number of hydrogen-bond donors (Lipinski definition) is 3. The molecule has 0 atom stereocenters. The van der Waals surface area contributed by atoms with E-state index < -0.39 is 11.6 Å². The lowest BCUT2D eigenvalue weighted by Crippen LogP contribution is -2.50. The topological polar surface area (TPSA) is 145 Å². The lowest BCUT2D eigenvalue weighted by Gasteiger charge is -2.38. The predicted octanol–water partition coefficient (Wildman–Crippen LogP) is 1.78. The number of nitriles is 1. The molecule has 2 aliphatic rings. The van der Waals surface area contributed by atoms with Crippen LogP contribution in [0.2, 0.25) is 0 Å². The molecule has 3 amide bonds. The minimum absolute atomic E-state index is 0.0773. The number of nitrogens with zero attached hydrogens (tertiary/aromatic N) is 5. The molecule has 0 unspecified atom stereocenters. The molecule has 1 saturated carbocycles. The first-order chi connectivity index (χ1) is 16.8. The number of carbonyl (C=O) groups excluding carboxylic acids is 2. The number of nitrogens with one attached hydrogen (secondary N) is 2. The van der Waals surface area contributed by atoms with E-state index in [-0.39, 0.29) is 29.4 Å². The third-order valence-electron chi connectivity index (χ3n) is 6.52. The van der Waals surface area contributed by atoms with Gasteiger partial charge in [-0.3, -0.25) is 14.2 Å². The quantitative estimate of drug-likeness (QED) is 0.513. The van der Waals surface area contributed by atoms with Crippen LogP contribution >= 0.6 is 0 Å². The van der Waals surface area contributed by atoms with Gasteiger partial charge in [0.05, 0.1) is 35.7 Å². The highest BCUT2D eigenvalue weighted by molar-refractivity contribution is 6.00. The van der Waals surface area contributed by atoms with E-state index in [9.17, 15) is 19.5 Å². The van der Waals surface area contributed by atoms with Crippen LogP contribution in [0, 0.1) is 17.2 Å². The Morgan fingerprint density at radius 2 is 1.83 bits per heavy atom. The number of hydrogen-bond acceptors (Lipinski definition) is 6. The number of piperidine rings is 1. The Morgan fingerprint density at radius 1 is 1.14 bits per heavy atom. The molecule has 0 spiro atoms. The normalized spacial score (nSPS) is 17.1. The average Bonchev–Trinajstić information content (AvgIpc) is 3.62. The Kier molecular flexibility index (Phi) is 5.74. The lowest BCUT2D eigenvalue weighted by atomic mass is 9.91. The molecule has 11 heteroatoms. The number of fused-ring (bicyclic) bond motifs is 1. The van der Waals surface area contributed by atoms with Gasteiger partial charge in [-0.25, -0.2) is 9.31 Å². The molecule has 180 valence electrons. The van der Waals surface area contributed by atoms with Gasteiger partial charge < -0.3 is 20.6 Å². The Hall–Kier alpha value is -4.17. The van der Waals surface area contributed by atoms with Gasteiger partial charge >= 0.3 is 6.03 Å². The molecule has 2 fully saturated rings.